The number of nitrogens with two attached hydrogens (primary N) is 1. The molecule has 0 heterocycles. The van der Waals surface area contributed by atoms with Crippen LogP contribution in [0.2, 0.25) is 0 Å². The molecular formula is C35H62N6O27. The molecule has 0 bridgehead atoms. The fraction of sp³-hybridized carbons (Fsp3) is 0.629. The minimum Gasteiger partial charge on any atom is -0.481 e. The van der Waals surface area contributed by atoms with Crippen molar-refractivity contribution in [2.75, 3.05) is 112 Å². The van der Waals surface area contributed by atoms with Crippen LogP contribution in [0.1, 0.15) is 32.6 Å². The van der Waals surface area contributed by atoms with E-state index >= 15 is 0 Å². The first-order valence-corrected chi connectivity index (χ1v) is 19.0. The van der Waals surface area contributed by atoms with E-state index in [2.05, 4.69) is 0 Å². The van der Waals surface area contributed by atoms with Gasteiger partial charge in [-0.1, -0.05) is 6.92 Å². The lowest BCUT2D eigenvalue weighted by Crippen LogP contribution is -2.38. The van der Waals surface area contributed by atoms with Gasteiger partial charge in [0.05, 0.1) is 78.6 Å². The van der Waals surface area contributed by atoms with Gasteiger partial charge in [0.25, 0.3) is 0 Å². The maximum atomic E-state index is 10.2. The zero-order valence-corrected chi connectivity index (χ0v) is 37.0. The van der Waals surface area contributed by atoms with Crippen molar-refractivity contribution in [1.82, 2.24) is 24.5 Å². The van der Waals surface area contributed by atoms with Gasteiger partial charge in [-0.15, -0.1) is 0 Å². The Balaban J connectivity index is -0.000000170. The molecule has 0 amide bonds. The van der Waals surface area contributed by atoms with Crippen LogP contribution in [0.3, 0.4) is 0 Å². The second kappa shape index (κ2) is 46.4. The van der Waals surface area contributed by atoms with Gasteiger partial charge in [0.1, 0.15) is 0 Å². The van der Waals surface area contributed by atoms with Gasteiger partial charge in [0, 0.05) is 32.5 Å². The van der Waals surface area contributed by atoms with Crippen LogP contribution in [0, 0.1) is 0 Å². The third kappa shape index (κ3) is 73.2. The van der Waals surface area contributed by atoms with Crippen molar-refractivity contribution in [3.8, 4) is 0 Å². The predicted octanol–water partition coefficient (Wildman–Crippen LogP) is -5.31. The molecule has 0 aliphatic rings. The van der Waals surface area contributed by atoms with E-state index in [1.165, 1.54) is 21.7 Å². The normalized spacial score (nSPS) is 9.90. The first-order chi connectivity index (χ1) is 31.2. The Labute approximate surface area is 386 Å². The number of aliphatic hydroxyl groups is 1. The summed E-state index contributed by atoms with van der Waals surface area (Å²) in [5.41, 5.74) is 5.15. The standard InChI is InChI=1S/C7H13NO4.C6H12N2O4.C6H9NO6.C6H11NO5.C5H9NO4.C5H8O4/c1-2-3-8(4-6(9)10)5-7(11)12;7-1-2-8(3-5(9)10)4-6(11)12;8-4(9)1-7(2-5(10)11)3-6(12)13;8-2-1-7(3-5(9)10)4-6(11)12;1-6(2-4(7)8)3-5(9)10;6-4(7)2-1-3-5(8)9/h2-5H2,1H3,(H,9,10)(H,11,12);1-4,7H2,(H,9,10)(H,11,12);1-3H2,(H,8,9)(H,10,11)(H,12,13);8H,1-4H2,(H,9,10)(H,11,12);2-3H2,1H3,(H,7,8)(H,9,10);1-3H2,(H,6,7)(H,8,9). The quantitative estimate of drug-likeness (QED) is 0.0299. The Hall–Kier alpha value is -7.17. The topological polar surface area (TPSA) is 547 Å². The highest BCUT2D eigenvalue weighted by molar-refractivity contribution is 5.76. The average Bonchev–Trinajstić information content (AvgIpc) is 3.10. The zero-order valence-electron chi connectivity index (χ0n) is 37.0. The lowest BCUT2D eigenvalue weighted by Gasteiger charge is -2.15. The number of hydrogen-bond acceptors (Lipinski definition) is 20. The predicted molar refractivity (Wildman–Crippen MR) is 223 cm³/mol. The van der Waals surface area contributed by atoms with E-state index in [0.717, 1.165) is 16.2 Å². The van der Waals surface area contributed by atoms with Crippen molar-refractivity contribution in [1.29, 1.82) is 0 Å². The van der Waals surface area contributed by atoms with E-state index < -0.39 is 97.2 Å². The molecule has 0 unspecified atom stereocenters. The van der Waals surface area contributed by atoms with Crippen LogP contribution in [0.15, 0.2) is 0 Å². The van der Waals surface area contributed by atoms with Gasteiger partial charge >= 0.3 is 77.6 Å². The zero-order chi connectivity index (χ0) is 54.5. The van der Waals surface area contributed by atoms with Crippen molar-refractivity contribution in [2.45, 2.75) is 32.6 Å². The van der Waals surface area contributed by atoms with Crippen LogP contribution in [0.4, 0.5) is 0 Å². The summed E-state index contributed by atoms with van der Waals surface area (Å²) >= 11 is 0. The molecule has 394 valence electrons. The Morgan fingerprint density at radius 3 is 0.750 bits per heavy atom. The number of carboxylic acids is 13. The number of aliphatic hydroxyl groups excluding tert-OH is 1. The van der Waals surface area contributed by atoms with E-state index in [1.807, 2.05) is 6.92 Å². The molecule has 0 saturated carbocycles. The minimum atomic E-state index is -1.26. The van der Waals surface area contributed by atoms with E-state index in [9.17, 15) is 62.3 Å². The third-order valence-electron chi connectivity index (χ3n) is 6.22. The number of aliphatic carboxylic acids is 13. The van der Waals surface area contributed by atoms with Crippen LogP contribution in [0.25, 0.3) is 0 Å². The Morgan fingerprint density at radius 1 is 0.338 bits per heavy atom. The number of likely N-dealkylation sites (N-methyl/N-ethyl adjacent to an activating group) is 1. The molecular weight excluding hydrogens is 936 g/mol. The van der Waals surface area contributed by atoms with E-state index in [4.69, 9.17) is 77.2 Å². The molecule has 68 heavy (non-hydrogen) atoms. The van der Waals surface area contributed by atoms with Gasteiger partial charge in [-0.2, -0.15) is 0 Å². The van der Waals surface area contributed by atoms with Gasteiger partial charge in [0.15, 0.2) is 0 Å². The van der Waals surface area contributed by atoms with Crippen LogP contribution in [-0.2, 0) is 62.3 Å². The van der Waals surface area contributed by atoms with Gasteiger partial charge in [-0.3, -0.25) is 86.8 Å². The van der Waals surface area contributed by atoms with E-state index in [0.29, 0.717) is 6.54 Å². The van der Waals surface area contributed by atoms with Gasteiger partial charge in [0.2, 0.25) is 0 Å². The van der Waals surface area contributed by atoms with Crippen molar-refractivity contribution in [2.24, 2.45) is 5.73 Å². The molecule has 33 heteroatoms. The number of nitrogens with zero attached hydrogens (tertiary/aromatic N) is 5. The molecule has 0 rings (SSSR count). The van der Waals surface area contributed by atoms with Crippen LogP contribution in [-0.4, -0.2) is 285 Å². The van der Waals surface area contributed by atoms with Gasteiger partial charge in [-0.05, 0) is 26.4 Å². The molecule has 0 saturated heterocycles. The van der Waals surface area contributed by atoms with Crippen LogP contribution in [0.5, 0.6) is 0 Å². The summed E-state index contributed by atoms with van der Waals surface area (Å²) in [6.45, 7) is -1.31. The van der Waals surface area contributed by atoms with Gasteiger partial charge < -0.3 is 77.2 Å². The molecule has 0 fully saturated rings. The van der Waals surface area contributed by atoms with E-state index in [-0.39, 0.29) is 97.9 Å². The lowest BCUT2D eigenvalue weighted by molar-refractivity contribution is -0.147. The van der Waals surface area contributed by atoms with E-state index in [1.54, 1.807) is 0 Å². The second-order valence-corrected chi connectivity index (χ2v) is 12.9. The second-order valence-electron chi connectivity index (χ2n) is 12.9. The number of carboxylic acid groups (broad SMARTS) is 13. The lowest BCUT2D eigenvalue weighted by atomic mass is 10.2. The molecule has 0 atom stereocenters. The third-order valence-corrected chi connectivity index (χ3v) is 6.22. The molecule has 33 nitrogen and oxygen atoms in total. The molecule has 0 aliphatic heterocycles. The smallest absolute Gasteiger partial charge is 0.317 e. The largest absolute Gasteiger partial charge is 0.481 e. The first kappa shape index (κ1) is 72.4. The molecule has 16 N–H and O–H groups in total. The Bertz CT molecular complexity index is 1370. The molecule has 0 aromatic rings. The molecule has 0 spiro atoms. The fourth-order valence-corrected chi connectivity index (χ4v) is 4.08. The summed E-state index contributed by atoms with van der Waals surface area (Å²) < 4.78 is 0. The summed E-state index contributed by atoms with van der Waals surface area (Å²) in [5.74, 6) is -14.0. The van der Waals surface area contributed by atoms with Gasteiger partial charge in [-0.25, -0.2) is 0 Å². The summed E-state index contributed by atoms with van der Waals surface area (Å²) in [5, 5.41) is 116. The average molecular weight is 999 g/mol. The van der Waals surface area contributed by atoms with Crippen LogP contribution < -0.4 is 5.73 Å². The summed E-state index contributed by atoms with van der Waals surface area (Å²) in [6.07, 6.45) is 0.837. The van der Waals surface area contributed by atoms with Crippen molar-refractivity contribution in [3.63, 3.8) is 0 Å². The summed E-state index contributed by atoms with van der Waals surface area (Å²) in [7, 11) is 1.43. The number of hydrogen-bond donors (Lipinski definition) is 15. The Kier molecular flexibility index (Phi) is 49.4. The monoisotopic (exact) mass is 998 g/mol. The van der Waals surface area contributed by atoms with Crippen molar-refractivity contribution in [3.05, 3.63) is 0 Å². The first-order valence-electron chi connectivity index (χ1n) is 19.0. The summed E-state index contributed by atoms with van der Waals surface area (Å²) in [4.78, 5) is 137. The fourth-order valence-electron chi connectivity index (χ4n) is 4.08. The molecule has 0 aromatic carbocycles. The highest BCUT2D eigenvalue weighted by atomic mass is 16.4. The van der Waals surface area contributed by atoms with Crippen LogP contribution >= 0.6 is 0 Å². The minimum absolute atomic E-state index is 0.0542. The summed E-state index contributed by atoms with van der Waals surface area (Å²) in [6, 6.07) is 0. The number of rotatable bonds is 32. The van der Waals surface area contributed by atoms with Crippen molar-refractivity contribution < 1.29 is 134 Å². The maximum absolute atomic E-state index is 10.2. The highest BCUT2D eigenvalue weighted by Gasteiger charge is 2.17. The molecule has 0 aromatic heterocycles. The highest BCUT2D eigenvalue weighted by Crippen LogP contribution is 1.94. The molecule has 0 radical (unpaired) electrons. The Morgan fingerprint density at radius 2 is 0.559 bits per heavy atom. The SMILES string of the molecule is CCCN(CC(=O)O)CC(=O)O.CN(CC(=O)O)CC(=O)O.NCCN(CC(=O)O)CC(=O)O.O=C(O)CCCC(=O)O.O=C(O)CN(CC(=O)O)CC(=O)O.O=C(O)CN(CCO)CC(=O)O. The number of carbonyl (C=O) groups is 13. The maximum Gasteiger partial charge on any atom is 0.317 e. The van der Waals surface area contributed by atoms with Crippen molar-refractivity contribution >= 4 is 77.6 Å². The molecule has 0 aliphatic carbocycles.